The average Bonchev–Trinajstić information content (AvgIpc) is 3.22. The molecular formula is C28H32N6O2. The first-order valence-electron chi connectivity index (χ1n) is 13.0. The van der Waals surface area contributed by atoms with Gasteiger partial charge < -0.3 is 19.9 Å². The number of rotatable bonds is 4. The Kier molecular flexibility index (Phi) is 5.84. The summed E-state index contributed by atoms with van der Waals surface area (Å²) in [6.07, 6.45) is 6.41. The van der Waals surface area contributed by atoms with Crippen LogP contribution in [-0.4, -0.2) is 48.1 Å². The standard InChI is InChI=1S/C28H32N6O2/c1-17-7-10-20(11-8-17)34-24-6-4-3-5-21(24)22-15-29-28(32-26(22)34)31-25-12-9-19-16-33(27(36)18(2)35)14-13-23(19)30-25/h3-6,9,12,15,17-18,20,35H,7-8,10-11,13-14,16H2,1-2H3,(H,29,30,31,32)/t17?,18-,20?/m0/s1. The monoisotopic (exact) mass is 484 g/mol. The number of nitrogens with one attached hydrogen (secondary N) is 1. The van der Waals surface area contributed by atoms with Crippen LogP contribution in [0.15, 0.2) is 42.6 Å². The zero-order valence-corrected chi connectivity index (χ0v) is 20.8. The number of aliphatic hydroxyl groups is 1. The molecule has 1 fully saturated rings. The fourth-order valence-corrected chi connectivity index (χ4v) is 5.76. The van der Waals surface area contributed by atoms with Gasteiger partial charge in [0, 0.05) is 48.2 Å². The Morgan fingerprint density at radius 2 is 1.89 bits per heavy atom. The maximum Gasteiger partial charge on any atom is 0.251 e. The molecule has 1 saturated carbocycles. The molecule has 8 nitrogen and oxygen atoms in total. The fraction of sp³-hybridized carbons (Fsp3) is 0.429. The molecule has 1 aliphatic carbocycles. The lowest BCUT2D eigenvalue weighted by atomic mass is 9.87. The molecule has 1 amide bonds. The number of hydrogen-bond donors (Lipinski definition) is 2. The van der Waals surface area contributed by atoms with Crippen LogP contribution in [0.4, 0.5) is 11.8 Å². The Morgan fingerprint density at radius 1 is 1.08 bits per heavy atom. The fourth-order valence-electron chi connectivity index (χ4n) is 5.76. The Morgan fingerprint density at radius 3 is 2.69 bits per heavy atom. The van der Waals surface area contributed by atoms with Gasteiger partial charge in [0.1, 0.15) is 17.6 Å². The highest BCUT2D eigenvalue weighted by molar-refractivity contribution is 6.06. The van der Waals surface area contributed by atoms with Crippen molar-refractivity contribution in [3.05, 3.63) is 53.9 Å². The molecule has 0 saturated heterocycles. The molecule has 3 aromatic heterocycles. The van der Waals surface area contributed by atoms with Gasteiger partial charge in [-0.1, -0.05) is 31.2 Å². The summed E-state index contributed by atoms with van der Waals surface area (Å²) in [5, 5.41) is 15.2. The minimum atomic E-state index is -0.986. The van der Waals surface area contributed by atoms with Crippen LogP contribution in [0.25, 0.3) is 21.9 Å². The first-order chi connectivity index (χ1) is 17.5. The number of amides is 1. The smallest absolute Gasteiger partial charge is 0.251 e. The number of aliphatic hydroxyl groups excluding tert-OH is 1. The van der Waals surface area contributed by atoms with Gasteiger partial charge in [0.05, 0.1) is 5.52 Å². The Balaban J connectivity index is 1.31. The molecule has 6 rings (SSSR count). The number of fused-ring (bicyclic) bond motifs is 4. The second-order valence-corrected chi connectivity index (χ2v) is 10.3. The maximum atomic E-state index is 12.2. The molecule has 36 heavy (non-hydrogen) atoms. The number of carbonyl (C=O) groups is 1. The molecule has 2 N–H and O–H groups in total. The molecule has 0 bridgehead atoms. The van der Waals surface area contributed by atoms with Crippen LogP contribution in [-0.2, 0) is 17.8 Å². The highest BCUT2D eigenvalue weighted by Gasteiger charge is 2.26. The van der Waals surface area contributed by atoms with Crippen LogP contribution in [0, 0.1) is 5.92 Å². The van der Waals surface area contributed by atoms with E-state index in [4.69, 9.17) is 9.97 Å². The summed E-state index contributed by atoms with van der Waals surface area (Å²) in [7, 11) is 0. The number of pyridine rings is 1. The van der Waals surface area contributed by atoms with Gasteiger partial charge >= 0.3 is 0 Å². The lowest BCUT2D eigenvalue weighted by molar-refractivity contribution is -0.140. The summed E-state index contributed by atoms with van der Waals surface area (Å²) in [5.41, 5.74) is 4.16. The second kappa shape index (κ2) is 9.17. The molecule has 1 aromatic carbocycles. The first-order valence-corrected chi connectivity index (χ1v) is 13.0. The van der Waals surface area contributed by atoms with Gasteiger partial charge in [-0.2, -0.15) is 4.98 Å². The van der Waals surface area contributed by atoms with Crippen molar-refractivity contribution in [1.29, 1.82) is 0 Å². The molecule has 0 radical (unpaired) electrons. The van der Waals surface area contributed by atoms with Gasteiger partial charge in [0.2, 0.25) is 5.95 Å². The number of hydrogen-bond acceptors (Lipinski definition) is 6. The summed E-state index contributed by atoms with van der Waals surface area (Å²) < 4.78 is 2.43. The summed E-state index contributed by atoms with van der Waals surface area (Å²) in [6, 6.07) is 12.9. The highest BCUT2D eigenvalue weighted by atomic mass is 16.3. The van der Waals surface area contributed by atoms with E-state index in [0.717, 1.165) is 28.2 Å². The third-order valence-electron chi connectivity index (χ3n) is 7.76. The lowest BCUT2D eigenvalue weighted by Crippen LogP contribution is -2.41. The molecule has 4 heterocycles. The van der Waals surface area contributed by atoms with E-state index in [0.29, 0.717) is 37.3 Å². The van der Waals surface area contributed by atoms with Crippen LogP contribution in [0.3, 0.4) is 0 Å². The molecule has 8 heteroatoms. The van der Waals surface area contributed by atoms with Gasteiger partial charge in [0.25, 0.3) is 5.91 Å². The van der Waals surface area contributed by atoms with Gasteiger partial charge in [-0.15, -0.1) is 0 Å². The van der Waals surface area contributed by atoms with E-state index in [1.165, 1.54) is 43.5 Å². The summed E-state index contributed by atoms with van der Waals surface area (Å²) in [5.74, 6) is 1.77. The van der Waals surface area contributed by atoms with E-state index < -0.39 is 6.10 Å². The van der Waals surface area contributed by atoms with E-state index in [1.807, 2.05) is 18.3 Å². The van der Waals surface area contributed by atoms with E-state index in [1.54, 1.807) is 4.90 Å². The van der Waals surface area contributed by atoms with Crippen LogP contribution >= 0.6 is 0 Å². The molecule has 0 unspecified atom stereocenters. The number of anilines is 2. The molecule has 1 atom stereocenters. The van der Waals surface area contributed by atoms with Crippen molar-refractivity contribution in [2.75, 3.05) is 11.9 Å². The van der Waals surface area contributed by atoms with Gasteiger partial charge in [-0.25, -0.2) is 9.97 Å². The number of nitrogens with zero attached hydrogens (tertiary/aromatic N) is 5. The van der Waals surface area contributed by atoms with Crippen LogP contribution in [0.5, 0.6) is 0 Å². The third-order valence-corrected chi connectivity index (χ3v) is 7.76. The van der Waals surface area contributed by atoms with Crippen molar-refractivity contribution in [3.63, 3.8) is 0 Å². The molecule has 1 aliphatic heterocycles. The van der Waals surface area contributed by atoms with Crippen molar-refractivity contribution in [2.45, 2.75) is 64.6 Å². The number of benzene rings is 1. The third kappa shape index (κ3) is 4.09. The largest absolute Gasteiger partial charge is 0.384 e. The summed E-state index contributed by atoms with van der Waals surface area (Å²) in [6.45, 7) is 4.87. The van der Waals surface area contributed by atoms with E-state index >= 15 is 0 Å². The number of carbonyl (C=O) groups excluding carboxylic acids is 1. The molecule has 4 aromatic rings. The minimum absolute atomic E-state index is 0.243. The molecular weight excluding hydrogens is 452 g/mol. The Hall–Kier alpha value is -3.52. The molecule has 2 aliphatic rings. The zero-order chi connectivity index (χ0) is 24.8. The highest BCUT2D eigenvalue weighted by Crippen LogP contribution is 2.38. The lowest BCUT2D eigenvalue weighted by Gasteiger charge is -2.29. The van der Waals surface area contributed by atoms with Crippen molar-refractivity contribution in [3.8, 4) is 0 Å². The first kappa shape index (κ1) is 22.9. The van der Waals surface area contributed by atoms with Crippen molar-refractivity contribution >= 4 is 39.6 Å². The van der Waals surface area contributed by atoms with Crippen LogP contribution in [0.1, 0.15) is 56.8 Å². The Bertz CT molecular complexity index is 1440. The quantitative estimate of drug-likeness (QED) is 0.434. The maximum absolute atomic E-state index is 12.2. The van der Waals surface area contributed by atoms with Crippen LogP contribution in [0.2, 0.25) is 0 Å². The number of para-hydroxylation sites is 1. The van der Waals surface area contributed by atoms with Gasteiger partial charge in [-0.3, -0.25) is 4.79 Å². The van der Waals surface area contributed by atoms with Gasteiger partial charge in [0.15, 0.2) is 0 Å². The topological polar surface area (TPSA) is 96.2 Å². The van der Waals surface area contributed by atoms with E-state index in [2.05, 4.69) is 46.1 Å². The van der Waals surface area contributed by atoms with Crippen LogP contribution < -0.4 is 5.32 Å². The zero-order valence-electron chi connectivity index (χ0n) is 20.8. The van der Waals surface area contributed by atoms with Crippen molar-refractivity contribution < 1.29 is 9.90 Å². The minimum Gasteiger partial charge on any atom is -0.384 e. The van der Waals surface area contributed by atoms with E-state index in [-0.39, 0.29) is 5.91 Å². The summed E-state index contributed by atoms with van der Waals surface area (Å²) >= 11 is 0. The normalized spacial score (nSPS) is 20.9. The van der Waals surface area contributed by atoms with Gasteiger partial charge in [-0.05, 0) is 56.2 Å². The SMILES string of the molecule is CC1CCC(n2c3ccccc3c3cnc(Nc4ccc5c(n4)CCN(C(=O)[C@H](C)O)C5)nc32)CC1. The predicted octanol–water partition coefficient (Wildman–Crippen LogP) is 4.74. The Labute approximate surface area is 210 Å². The van der Waals surface area contributed by atoms with E-state index in [9.17, 15) is 9.90 Å². The average molecular weight is 485 g/mol. The molecule has 186 valence electrons. The summed E-state index contributed by atoms with van der Waals surface area (Å²) in [4.78, 5) is 28.3. The second-order valence-electron chi connectivity index (χ2n) is 10.3. The van der Waals surface area contributed by atoms with Crippen molar-refractivity contribution in [1.82, 2.24) is 24.4 Å². The molecule has 0 spiro atoms. The number of aromatic nitrogens is 4. The van der Waals surface area contributed by atoms with Crippen molar-refractivity contribution in [2.24, 2.45) is 5.92 Å². The predicted molar refractivity (Wildman–Crippen MR) is 140 cm³/mol.